The summed E-state index contributed by atoms with van der Waals surface area (Å²) in [6.45, 7) is 9.36. The molecule has 5 atom stereocenters. The zero-order chi connectivity index (χ0) is 16.8. The lowest BCUT2D eigenvalue weighted by Gasteiger charge is -2.30. The molecule has 2 rings (SSSR count). The van der Waals surface area contributed by atoms with Crippen molar-refractivity contribution in [2.24, 2.45) is 0 Å². The first kappa shape index (κ1) is 18.8. The summed E-state index contributed by atoms with van der Waals surface area (Å²) in [5.74, 6) is 0. The van der Waals surface area contributed by atoms with Crippen LogP contribution in [0, 0.1) is 0 Å². The molecule has 0 bridgehead atoms. The number of halogens is 1. The number of nitrogens with zero attached hydrogens (tertiary/aromatic N) is 1. The molecule has 6 nitrogen and oxygen atoms in total. The van der Waals surface area contributed by atoms with E-state index in [1.807, 2.05) is 18.7 Å². The minimum Gasteiger partial charge on any atom is -0.332 e. The van der Waals surface area contributed by atoms with Gasteiger partial charge in [0.25, 0.3) is 0 Å². The van der Waals surface area contributed by atoms with Crippen LogP contribution in [0.4, 0.5) is 9.18 Å². The summed E-state index contributed by atoms with van der Waals surface area (Å²) < 4.78 is 13.8. The lowest BCUT2D eigenvalue weighted by atomic mass is 10.1. The van der Waals surface area contributed by atoms with Gasteiger partial charge < -0.3 is 15.5 Å². The molecule has 2 aliphatic heterocycles. The lowest BCUT2D eigenvalue weighted by Crippen LogP contribution is -2.55. The van der Waals surface area contributed by atoms with Crippen molar-refractivity contribution in [3.63, 3.8) is 0 Å². The smallest absolute Gasteiger partial charge is 0.317 e. The number of urea groups is 1. The van der Waals surface area contributed by atoms with Crippen LogP contribution in [-0.4, -0.2) is 72.7 Å². The van der Waals surface area contributed by atoms with Crippen molar-refractivity contribution in [1.82, 2.24) is 26.2 Å². The Morgan fingerprint density at radius 1 is 1.43 bits per heavy atom. The van der Waals surface area contributed by atoms with Gasteiger partial charge in [0.2, 0.25) is 0 Å². The molecule has 23 heavy (non-hydrogen) atoms. The topological polar surface area (TPSA) is 68.4 Å². The van der Waals surface area contributed by atoms with Gasteiger partial charge in [-0.1, -0.05) is 6.92 Å². The number of hydrogen-bond donors (Lipinski definition) is 4. The minimum atomic E-state index is -1.01. The van der Waals surface area contributed by atoms with Crippen LogP contribution in [0.2, 0.25) is 0 Å². The Bertz CT molecular complexity index is 379. The van der Waals surface area contributed by atoms with E-state index in [9.17, 15) is 9.18 Å². The number of piperidine rings is 1. The minimum absolute atomic E-state index is 0.169. The zero-order valence-electron chi connectivity index (χ0n) is 14.3. The molecule has 5 unspecified atom stereocenters. The van der Waals surface area contributed by atoms with Gasteiger partial charge in [-0.05, 0) is 26.8 Å². The maximum atomic E-state index is 13.8. The maximum absolute atomic E-state index is 13.8. The number of likely N-dealkylation sites (N-methyl/N-ethyl adjacent to an activating group) is 1. The molecule has 2 fully saturated rings. The maximum Gasteiger partial charge on any atom is 0.317 e. The Labute approximate surface area is 142 Å². The third-order valence-electron chi connectivity index (χ3n) is 4.57. The number of hydrogen-bond acceptors (Lipinski definition) is 5. The summed E-state index contributed by atoms with van der Waals surface area (Å²) in [5.41, 5.74) is 0.237. The van der Waals surface area contributed by atoms with Crippen molar-refractivity contribution in [1.29, 1.82) is 0 Å². The third-order valence-corrected chi connectivity index (χ3v) is 5.98. The fourth-order valence-electron chi connectivity index (χ4n) is 2.82. The highest BCUT2D eigenvalue weighted by molar-refractivity contribution is 8.00. The first-order chi connectivity index (χ1) is 11.0. The summed E-state index contributed by atoms with van der Waals surface area (Å²) in [5, 5.41) is 13.3. The SMILES string of the molecule is CCN(CCNC1NC(C)C(C)S1)C(=O)NC1CCNCC1F. The van der Waals surface area contributed by atoms with E-state index < -0.39 is 6.17 Å². The third kappa shape index (κ3) is 5.48. The van der Waals surface area contributed by atoms with E-state index in [4.69, 9.17) is 0 Å². The normalized spacial score (nSPS) is 34.3. The van der Waals surface area contributed by atoms with E-state index in [0.717, 1.165) is 13.1 Å². The summed E-state index contributed by atoms with van der Waals surface area (Å²) in [6, 6.07) is -0.0541. The summed E-state index contributed by atoms with van der Waals surface area (Å²) in [6.07, 6.45) is -0.368. The van der Waals surface area contributed by atoms with E-state index in [1.165, 1.54) is 0 Å². The summed E-state index contributed by atoms with van der Waals surface area (Å²) in [7, 11) is 0. The van der Waals surface area contributed by atoms with Crippen LogP contribution in [0.5, 0.6) is 0 Å². The predicted octanol–water partition coefficient (Wildman–Crippen LogP) is 0.705. The van der Waals surface area contributed by atoms with Gasteiger partial charge in [0.1, 0.15) is 11.7 Å². The Kier molecular flexibility index (Phi) is 7.39. The van der Waals surface area contributed by atoms with Crippen molar-refractivity contribution >= 4 is 17.8 Å². The number of alkyl halides is 1. The average molecular weight is 348 g/mol. The van der Waals surface area contributed by atoms with E-state index >= 15 is 0 Å². The second kappa shape index (κ2) is 9.05. The zero-order valence-corrected chi connectivity index (χ0v) is 15.1. The van der Waals surface area contributed by atoms with Gasteiger partial charge in [0.05, 0.1) is 6.04 Å². The quantitative estimate of drug-likeness (QED) is 0.570. The fourth-order valence-corrected chi connectivity index (χ4v) is 4.07. The Hall–Kier alpha value is -0.570. The number of nitrogens with one attached hydrogen (secondary N) is 4. The molecular formula is C15H30FN5OS. The first-order valence-electron chi connectivity index (χ1n) is 8.56. The average Bonchev–Trinajstić information content (AvgIpc) is 2.84. The molecule has 0 radical (unpaired) electrons. The van der Waals surface area contributed by atoms with E-state index in [1.54, 1.807) is 4.90 Å². The molecule has 4 N–H and O–H groups in total. The molecule has 0 saturated carbocycles. The number of carbonyl (C=O) groups is 1. The number of thioether (sulfide) groups is 1. The van der Waals surface area contributed by atoms with Crippen molar-refractivity contribution < 1.29 is 9.18 Å². The van der Waals surface area contributed by atoms with Gasteiger partial charge in [-0.15, -0.1) is 11.8 Å². The molecule has 0 aromatic rings. The number of amides is 2. The first-order valence-corrected chi connectivity index (χ1v) is 9.50. The Morgan fingerprint density at radius 3 is 2.83 bits per heavy atom. The van der Waals surface area contributed by atoms with Gasteiger partial charge in [0, 0.05) is 37.5 Å². The van der Waals surface area contributed by atoms with Crippen LogP contribution in [0.25, 0.3) is 0 Å². The Morgan fingerprint density at radius 2 is 2.22 bits per heavy atom. The van der Waals surface area contributed by atoms with E-state index in [0.29, 0.717) is 37.3 Å². The molecule has 2 aliphatic rings. The number of carbonyl (C=O) groups excluding carboxylic acids is 1. The molecular weight excluding hydrogens is 317 g/mol. The largest absolute Gasteiger partial charge is 0.332 e. The second-order valence-electron chi connectivity index (χ2n) is 6.28. The van der Waals surface area contributed by atoms with Crippen molar-refractivity contribution in [3.8, 4) is 0 Å². The summed E-state index contributed by atoms with van der Waals surface area (Å²) >= 11 is 1.87. The van der Waals surface area contributed by atoms with Gasteiger partial charge in [0.15, 0.2) is 0 Å². The van der Waals surface area contributed by atoms with Crippen LogP contribution in [-0.2, 0) is 0 Å². The molecule has 134 valence electrons. The molecule has 0 spiro atoms. The molecule has 0 aliphatic carbocycles. The van der Waals surface area contributed by atoms with Crippen LogP contribution in [0.3, 0.4) is 0 Å². The van der Waals surface area contributed by atoms with E-state index in [2.05, 4.69) is 35.1 Å². The summed E-state index contributed by atoms with van der Waals surface area (Å²) in [4.78, 5) is 14.0. The molecule has 2 heterocycles. The second-order valence-corrected chi connectivity index (χ2v) is 7.76. The van der Waals surface area contributed by atoms with Crippen molar-refractivity contribution in [2.75, 3.05) is 32.7 Å². The number of rotatable bonds is 6. The van der Waals surface area contributed by atoms with Gasteiger partial charge in [-0.2, -0.15) is 0 Å². The molecule has 2 amide bonds. The Balaban J connectivity index is 1.70. The van der Waals surface area contributed by atoms with Gasteiger partial charge in [-0.25, -0.2) is 9.18 Å². The van der Waals surface area contributed by atoms with Crippen LogP contribution >= 0.6 is 11.8 Å². The molecule has 0 aromatic heterocycles. The molecule has 0 aromatic carbocycles. The van der Waals surface area contributed by atoms with E-state index in [-0.39, 0.29) is 17.6 Å². The highest BCUT2D eigenvalue weighted by Gasteiger charge is 2.29. The molecule has 2 saturated heterocycles. The van der Waals surface area contributed by atoms with Crippen LogP contribution < -0.4 is 21.3 Å². The van der Waals surface area contributed by atoms with Crippen LogP contribution in [0.1, 0.15) is 27.2 Å². The monoisotopic (exact) mass is 347 g/mol. The molecule has 8 heteroatoms. The lowest BCUT2D eigenvalue weighted by molar-refractivity contribution is 0.169. The standard InChI is InChI=1S/C15H30FN5OS/c1-4-21(8-7-18-14-19-10(2)11(3)23-14)15(22)20-13-5-6-17-9-12(13)16/h10-14,17-19H,4-9H2,1-3H3,(H,20,22). The van der Waals surface area contributed by atoms with Crippen LogP contribution in [0.15, 0.2) is 0 Å². The highest BCUT2D eigenvalue weighted by Crippen LogP contribution is 2.24. The van der Waals surface area contributed by atoms with Gasteiger partial charge >= 0.3 is 6.03 Å². The predicted molar refractivity (Wildman–Crippen MR) is 93.4 cm³/mol. The van der Waals surface area contributed by atoms with Crippen molar-refractivity contribution in [2.45, 2.75) is 56.2 Å². The van der Waals surface area contributed by atoms with Gasteiger partial charge in [-0.3, -0.25) is 10.6 Å². The van der Waals surface area contributed by atoms with Crippen molar-refractivity contribution in [3.05, 3.63) is 0 Å². The highest BCUT2D eigenvalue weighted by atomic mass is 32.2. The fraction of sp³-hybridized carbons (Fsp3) is 0.933.